The number of carboxylic acids is 1. The predicted octanol–water partition coefficient (Wildman–Crippen LogP) is 2.64. The SMILES string of the molecule is CCc1cnc(Cn2c(C)nc3ccc(C(=O)O)cc32)o1. The fourth-order valence-corrected chi connectivity index (χ4v) is 2.30. The molecule has 0 amide bonds. The van der Waals surface area contributed by atoms with E-state index in [0.29, 0.717) is 12.4 Å². The molecule has 0 bridgehead atoms. The lowest BCUT2D eigenvalue weighted by Crippen LogP contribution is -2.03. The maximum absolute atomic E-state index is 11.1. The van der Waals surface area contributed by atoms with E-state index in [0.717, 1.165) is 29.0 Å². The van der Waals surface area contributed by atoms with Crippen LogP contribution < -0.4 is 0 Å². The fraction of sp³-hybridized carbons (Fsp3) is 0.267. The van der Waals surface area contributed by atoms with Crippen molar-refractivity contribution in [1.29, 1.82) is 0 Å². The van der Waals surface area contributed by atoms with Crippen LogP contribution in [0.15, 0.2) is 28.8 Å². The second-order valence-electron chi connectivity index (χ2n) is 4.83. The van der Waals surface area contributed by atoms with Crippen molar-refractivity contribution in [3.8, 4) is 0 Å². The van der Waals surface area contributed by atoms with Crippen molar-refractivity contribution in [2.75, 3.05) is 0 Å². The molecular formula is C15H15N3O3. The first-order valence-corrected chi connectivity index (χ1v) is 6.72. The summed E-state index contributed by atoms with van der Waals surface area (Å²) in [6.07, 6.45) is 2.51. The quantitative estimate of drug-likeness (QED) is 0.797. The Balaban J connectivity index is 2.05. The average Bonchev–Trinajstić information content (AvgIpc) is 3.04. The lowest BCUT2D eigenvalue weighted by Gasteiger charge is -2.04. The van der Waals surface area contributed by atoms with E-state index in [-0.39, 0.29) is 5.56 Å². The molecule has 1 N–H and O–H groups in total. The van der Waals surface area contributed by atoms with Gasteiger partial charge in [0.05, 0.1) is 22.8 Å². The number of rotatable bonds is 4. The first-order valence-electron chi connectivity index (χ1n) is 6.72. The molecule has 0 radical (unpaired) electrons. The minimum atomic E-state index is -0.952. The molecule has 21 heavy (non-hydrogen) atoms. The third kappa shape index (κ3) is 2.40. The van der Waals surface area contributed by atoms with Crippen molar-refractivity contribution in [3.63, 3.8) is 0 Å². The topological polar surface area (TPSA) is 81.2 Å². The Morgan fingerprint density at radius 2 is 2.24 bits per heavy atom. The first kappa shape index (κ1) is 13.4. The molecule has 108 valence electrons. The highest BCUT2D eigenvalue weighted by Crippen LogP contribution is 2.19. The van der Waals surface area contributed by atoms with Crippen LogP contribution in [0, 0.1) is 6.92 Å². The fourth-order valence-electron chi connectivity index (χ4n) is 2.30. The van der Waals surface area contributed by atoms with E-state index >= 15 is 0 Å². The van der Waals surface area contributed by atoms with Crippen LogP contribution in [0.3, 0.4) is 0 Å². The number of carbonyl (C=O) groups is 1. The highest BCUT2D eigenvalue weighted by Gasteiger charge is 2.13. The van der Waals surface area contributed by atoms with Gasteiger partial charge in [-0.2, -0.15) is 0 Å². The lowest BCUT2D eigenvalue weighted by atomic mass is 10.2. The van der Waals surface area contributed by atoms with Gasteiger partial charge in [0.1, 0.15) is 18.1 Å². The molecule has 0 spiro atoms. The Labute approximate surface area is 121 Å². The van der Waals surface area contributed by atoms with Gasteiger partial charge in [0.15, 0.2) is 0 Å². The largest absolute Gasteiger partial charge is 0.478 e. The first-order chi connectivity index (χ1) is 10.1. The number of hydrogen-bond acceptors (Lipinski definition) is 4. The summed E-state index contributed by atoms with van der Waals surface area (Å²) in [4.78, 5) is 19.8. The number of imidazole rings is 1. The summed E-state index contributed by atoms with van der Waals surface area (Å²) in [7, 11) is 0. The van der Waals surface area contributed by atoms with Crippen LogP contribution in [0.2, 0.25) is 0 Å². The number of aromatic nitrogens is 3. The molecule has 0 saturated carbocycles. The summed E-state index contributed by atoms with van der Waals surface area (Å²) in [6.45, 7) is 4.32. The molecule has 1 aromatic carbocycles. The molecule has 3 rings (SSSR count). The molecule has 2 aromatic heterocycles. The van der Waals surface area contributed by atoms with Crippen LogP contribution in [-0.2, 0) is 13.0 Å². The summed E-state index contributed by atoms with van der Waals surface area (Å²) in [5, 5.41) is 9.11. The van der Waals surface area contributed by atoms with Crippen molar-refractivity contribution < 1.29 is 14.3 Å². The smallest absolute Gasteiger partial charge is 0.335 e. The summed E-state index contributed by atoms with van der Waals surface area (Å²) in [6, 6.07) is 4.90. The van der Waals surface area contributed by atoms with Gasteiger partial charge >= 0.3 is 5.97 Å². The maximum Gasteiger partial charge on any atom is 0.335 e. The van der Waals surface area contributed by atoms with E-state index in [9.17, 15) is 4.79 Å². The molecule has 0 unspecified atom stereocenters. The normalized spacial score (nSPS) is 11.1. The van der Waals surface area contributed by atoms with Crippen molar-refractivity contribution in [2.24, 2.45) is 0 Å². The van der Waals surface area contributed by atoms with E-state index < -0.39 is 5.97 Å². The zero-order valence-electron chi connectivity index (χ0n) is 11.8. The van der Waals surface area contributed by atoms with Gasteiger partial charge in [0.25, 0.3) is 0 Å². The third-order valence-corrected chi connectivity index (χ3v) is 3.43. The summed E-state index contributed by atoms with van der Waals surface area (Å²) >= 11 is 0. The van der Waals surface area contributed by atoms with Crippen LogP contribution in [0.5, 0.6) is 0 Å². The molecule has 6 nitrogen and oxygen atoms in total. The highest BCUT2D eigenvalue weighted by atomic mass is 16.4. The Bertz CT molecular complexity index is 817. The molecule has 0 saturated heterocycles. The molecular weight excluding hydrogens is 270 g/mol. The van der Waals surface area contributed by atoms with Gasteiger partial charge < -0.3 is 14.1 Å². The average molecular weight is 285 g/mol. The van der Waals surface area contributed by atoms with E-state index in [1.165, 1.54) is 0 Å². The molecule has 0 atom stereocenters. The molecule has 2 heterocycles. The van der Waals surface area contributed by atoms with E-state index in [1.54, 1.807) is 24.4 Å². The van der Waals surface area contributed by atoms with Gasteiger partial charge in [0.2, 0.25) is 5.89 Å². The molecule has 0 fully saturated rings. The number of fused-ring (bicyclic) bond motifs is 1. The van der Waals surface area contributed by atoms with E-state index in [2.05, 4.69) is 9.97 Å². The molecule has 3 aromatic rings. The van der Waals surface area contributed by atoms with Gasteiger partial charge in [-0.15, -0.1) is 0 Å². The number of carboxylic acid groups (broad SMARTS) is 1. The number of oxazole rings is 1. The summed E-state index contributed by atoms with van der Waals surface area (Å²) in [5.74, 6) is 1.27. The molecule has 0 aliphatic rings. The van der Waals surface area contributed by atoms with Crippen LogP contribution in [0.25, 0.3) is 11.0 Å². The Morgan fingerprint density at radius 3 is 2.90 bits per heavy atom. The minimum Gasteiger partial charge on any atom is -0.478 e. The number of aromatic carboxylic acids is 1. The van der Waals surface area contributed by atoms with Gasteiger partial charge in [-0.25, -0.2) is 14.8 Å². The van der Waals surface area contributed by atoms with Gasteiger partial charge in [0, 0.05) is 6.42 Å². The molecule has 0 aliphatic carbocycles. The predicted molar refractivity (Wildman–Crippen MR) is 76.4 cm³/mol. The van der Waals surface area contributed by atoms with Gasteiger partial charge in [-0.05, 0) is 25.1 Å². The zero-order chi connectivity index (χ0) is 15.0. The summed E-state index contributed by atoms with van der Waals surface area (Å²) in [5.41, 5.74) is 1.77. The number of benzene rings is 1. The lowest BCUT2D eigenvalue weighted by molar-refractivity contribution is 0.0697. The third-order valence-electron chi connectivity index (χ3n) is 3.43. The van der Waals surface area contributed by atoms with E-state index in [1.807, 2.05) is 18.4 Å². The Hall–Kier alpha value is -2.63. The van der Waals surface area contributed by atoms with Crippen molar-refractivity contribution in [3.05, 3.63) is 47.4 Å². The van der Waals surface area contributed by atoms with Crippen LogP contribution in [0.4, 0.5) is 0 Å². The van der Waals surface area contributed by atoms with Gasteiger partial charge in [-0.1, -0.05) is 6.92 Å². The zero-order valence-corrected chi connectivity index (χ0v) is 11.8. The minimum absolute atomic E-state index is 0.241. The van der Waals surface area contributed by atoms with Crippen molar-refractivity contribution >= 4 is 17.0 Å². The Morgan fingerprint density at radius 1 is 1.43 bits per heavy atom. The second kappa shape index (κ2) is 5.05. The molecule has 0 aliphatic heterocycles. The van der Waals surface area contributed by atoms with Crippen molar-refractivity contribution in [1.82, 2.24) is 14.5 Å². The van der Waals surface area contributed by atoms with Crippen LogP contribution in [0.1, 0.15) is 34.8 Å². The monoisotopic (exact) mass is 285 g/mol. The van der Waals surface area contributed by atoms with Crippen molar-refractivity contribution in [2.45, 2.75) is 26.8 Å². The number of hydrogen-bond donors (Lipinski definition) is 1. The summed E-state index contributed by atoms with van der Waals surface area (Å²) < 4.78 is 7.52. The second-order valence-corrected chi connectivity index (χ2v) is 4.83. The highest BCUT2D eigenvalue weighted by molar-refractivity contribution is 5.92. The number of nitrogens with zero attached hydrogens (tertiary/aromatic N) is 3. The molecule has 6 heteroatoms. The van der Waals surface area contributed by atoms with Crippen LogP contribution >= 0.6 is 0 Å². The van der Waals surface area contributed by atoms with E-state index in [4.69, 9.17) is 9.52 Å². The standard InChI is InChI=1S/C15H15N3O3/c1-3-11-7-16-14(21-11)8-18-9(2)17-12-5-4-10(15(19)20)6-13(12)18/h4-7H,3,8H2,1-2H3,(H,19,20). The van der Waals surface area contributed by atoms with Crippen LogP contribution in [-0.4, -0.2) is 25.6 Å². The van der Waals surface area contributed by atoms with Gasteiger partial charge in [-0.3, -0.25) is 0 Å². The number of aryl methyl sites for hydroxylation is 2. The Kier molecular flexibility index (Phi) is 3.21. The maximum atomic E-state index is 11.1.